The van der Waals surface area contributed by atoms with Gasteiger partial charge in [0.05, 0.1) is 22.7 Å². The highest BCUT2D eigenvalue weighted by Crippen LogP contribution is 2.33. The number of imidazole rings is 1. The number of hydrogen-bond acceptors (Lipinski definition) is 3. The average Bonchev–Trinajstić information content (AvgIpc) is 2.88. The van der Waals surface area contributed by atoms with Gasteiger partial charge in [0.1, 0.15) is 17.4 Å². The van der Waals surface area contributed by atoms with Crippen molar-refractivity contribution >= 4 is 23.6 Å². The Morgan fingerprint density at radius 1 is 1.46 bits per heavy atom. The van der Waals surface area contributed by atoms with Crippen LogP contribution in [0.1, 0.15) is 43.4 Å². The van der Waals surface area contributed by atoms with Crippen LogP contribution in [0, 0.1) is 19.7 Å². The Hall–Kier alpha value is -2.34. The molecule has 1 aromatic carbocycles. The van der Waals surface area contributed by atoms with Gasteiger partial charge in [0.2, 0.25) is 0 Å². The second-order valence-electron chi connectivity index (χ2n) is 6.40. The molecule has 140 valence electrons. The van der Waals surface area contributed by atoms with Gasteiger partial charge in [-0.25, -0.2) is 14.4 Å². The third-order valence-corrected chi connectivity index (χ3v) is 3.88. The summed E-state index contributed by atoms with van der Waals surface area (Å²) in [4.78, 5) is 8.59. The van der Waals surface area contributed by atoms with Crippen molar-refractivity contribution in [3.8, 4) is 5.75 Å². The maximum absolute atomic E-state index is 14.2. The van der Waals surface area contributed by atoms with Crippen LogP contribution in [0.3, 0.4) is 0 Å². The Labute approximate surface area is 158 Å². The molecule has 7 heteroatoms. The number of hydrogen-bond donors (Lipinski definition) is 1. The first kappa shape index (κ1) is 20.0. The fraction of sp³-hybridized carbons (Fsp3) is 0.368. The second-order valence-corrected chi connectivity index (χ2v) is 6.81. The summed E-state index contributed by atoms with van der Waals surface area (Å²) in [5, 5.41) is 0.0716. The van der Waals surface area contributed by atoms with E-state index in [-0.39, 0.29) is 11.1 Å². The quantitative estimate of drug-likeness (QED) is 0.595. The molecule has 0 aliphatic heterocycles. The zero-order valence-electron chi connectivity index (χ0n) is 15.7. The molecule has 26 heavy (non-hydrogen) atoms. The van der Waals surface area contributed by atoms with E-state index in [4.69, 9.17) is 22.1 Å². The Bertz CT molecular complexity index is 852. The summed E-state index contributed by atoms with van der Waals surface area (Å²) in [5.74, 6) is 1.28. The third-order valence-electron chi connectivity index (χ3n) is 3.61. The molecule has 0 radical (unpaired) electrons. The number of amidine groups is 1. The Balaban J connectivity index is 2.45. The van der Waals surface area contributed by atoms with Crippen LogP contribution in [-0.4, -0.2) is 21.5 Å². The number of rotatable bonds is 6. The lowest BCUT2D eigenvalue weighted by Gasteiger charge is -2.18. The van der Waals surface area contributed by atoms with E-state index < -0.39 is 5.82 Å². The molecule has 0 bridgehead atoms. The summed E-state index contributed by atoms with van der Waals surface area (Å²) >= 11 is 6.05. The minimum atomic E-state index is -0.460. The van der Waals surface area contributed by atoms with Gasteiger partial charge in [0.15, 0.2) is 0 Å². The summed E-state index contributed by atoms with van der Waals surface area (Å²) in [6.07, 6.45) is 5.61. The highest BCUT2D eigenvalue weighted by atomic mass is 35.5. The third kappa shape index (κ3) is 4.85. The fourth-order valence-corrected chi connectivity index (χ4v) is 2.82. The van der Waals surface area contributed by atoms with Gasteiger partial charge in [-0.05, 0) is 40.7 Å². The molecule has 2 N–H and O–H groups in total. The van der Waals surface area contributed by atoms with E-state index in [0.29, 0.717) is 23.6 Å². The predicted molar refractivity (Wildman–Crippen MR) is 104 cm³/mol. The van der Waals surface area contributed by atoms with Crippen LogP contribution in [0.2, 0.25) is 5.02 Å². The molecule has 1 heterocycles. The lowest BCUT2D eigenvalue weighted by atomic mass is 10.1. The summed E-state index contributed by atoms with van der Waals surface area (Å²) in [7, 11) is 0. The van der Waals surface area contributed by atoms with E-state index in [0.717, 1.165) is 17.1 Å². The molecular weight excluding hydrogens is 355 g/mol. The largest absolute Gasteiger partial charge is 0.490 e. The van der Waals surface area contributed by atoms with Gasteiger partial charge in [-0.2, -0.15) is 0 Å². The predicted octanol–water partition coefficient (Wildman–Crippen LogP) is 4.48. The number of halogens is 2. The number of aliphatic imine (C=N–C) groups is 1. The van der Waals surface area contributed by atoms with Crippen molar-refractivity contribution in [1.82, 2.24) is 9.55 Å². The number of ether oxygens (including phenoxy) is 1. The minimum Gasteiger partial charge on any atom is -0.490 e. The van der Waals surface area contributed by atoms with Crippen molar-refractivity contribution in [2.45, 2.75) is 47.1 Å². The number of nitrogens with zero attached hydrogens (tertiary/aromatic N) is 3. The Morgan fingerprint density at radius 3 is 2.77 bits per heavy atom. The Morgan fingerprint density at radius 2 is 2.15 bits per heavy atom. The van der Waals surface area contributed by atoms with Crippen LogP contribution in [0.5, 0.6) is 5.75 Å². The maximum atomic E-state index is 14.2. The molecule has 5 nitrogen and oxygen atoms in total. The summed E-state index contributed by atoms with van der Waals surface area (Å²) in [6.45, 7) is 9.08. The van der Waals surface area contributed by atoms with Crippen LogP contribution in [-0.2, 0) is 6.42 Å². The van der Waals surface area contributed by atoms with Gasteiger partial charge in [0, 0.05) is 36.1 Å². The summed E-state index contributed by atoms with van der Waals surface area (Å²) in [6, 6.07) is 1.60. The van der Waals surface area contributed by atoms with Gasteiger partial charge in [-0.15, -0.1) is 0 Å². The van der Waals surface area contributed by atoms with Gasteiger partial charge >= 0.3 is 0 Å². The molecule has 0 fully saturated rings. The topological polar surface area (TPSA) is 65.4 Å². The average molecular weight is 379 g/mol. The van der Waals surface area contributed by atoms with Gasteiger partial charge in [-0.1, -0.05) is 11.6 Å². The highest BCUT2D eigenvalue weighted by Gasteiger charge is 2.18. The summed E-state index contributed by atoms with van der Waals surface area (Å²) in [5.41, 5.74) is 7.58. The highest BCUT2D eigenvalue weighted by molar-refractivity contribution is 6.31. The van der Waals surface area contributed by atoms with Crippen molar-refractivity contribution in [3.63, 3.8) is 0 Å². The zero-order valence-corrected chi connectivity index (χ0v) is 16.4. The molecule has 0 saturated heterocycles. The standard InChI is InChI=1S/C19H24ClFN4O/c1-11(2)26-19-13(4)18(21)16(20)8-15(19)9-17-24-12(3)10-25(17)7-6-23-14(5)22/h6-8,10-11H,9H2,1-5H3,(H2,22,23)/b7-6-. The number of aromatic nitrogens is 2. The first-order chi connectivity index (χ1) is 12.2. The van der Waals surface area contributed by atoms with Gasteiger partial charge in [0.25, 0.3) is 0 Å². The lowest BCUT2D eigenvalue weighted by molar-refractivity contribution is 0.237. The first-order valence-electron chi connectivity index (χ1n) is 8.34. The number of benzene rings is 1. The molecule has 0 unspecified atom stereocenters. The van der Waals surface area contributed by atoms with E-state index in [2.05, 4.69) is 9.98 Å². The molecule has 1 aromatic heterocycles. The fourth-order valence-electron chi connectivity index (χ4n) is 2.55. The normalized spacial score (nSPS) is 12.4. The second kappa shape index (κ2) is 8.36. The van der Waals surface area contributed by atoms with Crippen molar-refractivity contribution in [1.29, 1.82) is 0 Å². The van der Waals surface area contributed by atoms with E-state index in [1.54, 1.807) is 32.3 Å². The van der Waals surface area contributed by atoms with Gasteiger partial charge in [-0.3, -0.25) is 0 Å². The molecule has 2 rings (SSSR count). The van der Waals surface area contributed by atoms with E-state index in [1.165, 1.54) is 0 Å². The van der Waals surface area contributed by atoms with Crippen LogP contribution >= 0.6 is 11.6 Å². The van der Waals surface area contributed by atoms with Crippen LogP contribution < -0.4 is 10.5 Å². The molecule has 0 atom stereocenters. The first-order valence-corrected chi connectivity index (χ1v) is 8.71. The van der Waals surface area contributed by atoms with E-state index in [1.807, 2.05) is 31.5 Å². The molecule has 0 aliphatic rings. The monoisotopic (exact) mass is 378 g/mol. The van der Waals surface area contributed by atoms with Crippen molar-refractivity contribution < 1.29 is 9.13 Å². The number of nitrogens with two attached hydrogens (primary N) is 1. The minimum absolute atomic E-state index is 0.0716. The van der Waals surface area contributed by atoms with Crippen molar-refractivity contribution in [2.75, 3.05) is 0 Å². The molecule has 2 aromatic rings. The Kier molecular flexibility index (Phi) is 6.42. The van der Waals surface area contributed by atoms with Crippen molar-refractivity contribution in [2.24, 2.45) is 10.7 Å². The van der Waals surface area contributed by atoms with E-state index >= 15 is 0 Å². The van der Waals surface area contributed by atoms with Crippen LogP contribution in [0.25, 0.3) is 6.20 Å². The molecular formula is C19H24ClFN4O. The van der Waals surface area contributed by atoms with Crippen LogP contribution in [0.4, 0.5) is 4.39 Å². The zero-order chi connectivity index (χ0) is 19.4. The van der Waals surface area contributed by atoms with Crippen LogP contribution in [0.15, 0.2) is 23.5 Å². The molecule has 0 amide bonds. The lowest BCUT2D eigenvalue weighted by Crippen LogP contribution is -2.11. The molecule has 0 spiro atoms. The van der Waals surface area contributed by atoms with Gasteiger partial charge < -0.3 is 15.0 Å². The maximum Gasteiger partial charge on any atom is 0.148 e. The SMILES string of the molecule is C/C(N)=N\C=C/n1cc(C)nc1Cc1cc(Cl)c(F)c(C)c1OC(C)C. The molecule has 0 aliphatic carbocycles. The summed E-state index contributed by atoms with van der Waals surface area (Å²) < 4.78 is 21.9. The van der Waals surface area contributed by atoms with Crippen molar-refractivity contribution in [3.05, 3.63) is 51.9 Å². The smallest absolute Gasteiger partial charge is 0.148 e. The molecule has 0 saturated carbocycles. The number of aryl methyl sites for hydroxylation is 1. The van der Waals surface area contributed by atoms with E-state index in [9.17, 15) is 4.39 Å².